The Labute approximate surface area is 182 Å². The number of allylic oxidation sites excluding steroid dienone is 2. The Hall–Kier alpha value is -2.34. The zero-order valence-corrected chi connectivity index (χ0v) is 18.7. The summed E-state index contributed by atoms with van der Waals surface area (Å²) in [5, 5.41) is 7.08. The molecule has 6 heteroatoms. The maximum atomic E-state index is 5.67. The van der Waals surface area contributed by atoms with E-state index in [-0.39, 0.29) is 0 Å². The van der Waals surface area contributed by atoms with Gasteiger partial charge in [-0.3, -0.25) is 4.99 Å². The first kappa shape index (κ1) is 20.9. The monoisotopic (exact) mass is 425 g/mol. The molecular formula is C24H31N3O2S. The standard InChI is InChI=1S/C24H31N3O2S/c1-28-20-13-14-21(23(15-20)29-2)22-17-30-24(26-19-11-7-4-8-12-19)27(22)25-16-18-9-5-3-6-10-18/h3,5,13-19H,4,6-12H2,1-2H3. The molecule has 2 aliphatic carbocycles. The van der Waals surface area contributed by atoms with Crippen molar-refractivity contribution in [1.29, 1.82) is 0 Å². The van der Waals surface area contributed by atoms with E-state index in [9.17, 15) is 0 Å². The van der Waals surface area contributed by atoms with Crippen LogP contribution in [0.25, 0.3) is 11.3 Å². The summed E-state index contributed by atoms with van der Waals surface area (Å²) < 4.78 is 13.1. The predicted molar refractivity (Wildman–Crippen MR) is 124 cm³/mol. The Kier molecular flexibility index (Phi) is 7.05. The molecule has 0 aliphatic heterocycles. The van der Waals surface area contributed by atoms with Crippen molar-refractivity contribution in [3.8, 4) is 22.8 Å². The topological polar surface area (TPSA) is 48.1 Å². The first-order chi connectivity index (χ1) is 14.8. The number of thiazole rings is 1. The van der Waals surface area contributed by atoms with E-state index < -0.39 is 0 Å². The number of ether oxygens (including phenoxy) is 2. The first-order valence-electron chi connectivity index (χ1n) is 10.9. The quantitative estimate of drug-likeness (QED) is 0.443. The first-order valence-corrected chi connectivity index (χ1v) is 11.8. The lowest BCUT2D eigenvalue weighted by molar-refractivity contribution is 0.395. The smallest absolute Gasteiger partial charge is 0.206 e. The van der Waals surface area contributed by atoms with Crippen LogP contribution in [0.2, 0.25) is 0 Å². The van der Waals surface area contributed by atoms with Gasteiger partial charge in [0.2, 0.25) is 4.80 Å². The molecule has 1 saturated carbocycles. The van der Waals surface area contributed by atoms with Crippen molar-refractivity contribution in [1.82, 2.24) is 4.68 Å². The molecule has 160 valence electrons. The Balaban J connectivity index is 1.75. The average Bonchev–Trinajstić information content (AvgIpc) is 3.20. The molecule has 1 aromatic carbocycles. The predicted octanol–water partition coefficient (Wildman–Crippen LogP) is 5.66. The van der Waals surface area contributed by atoms with Gasteiger partial charge in [0.1, 0.15) is 11.5 Å². The lowest BCUT2D eigenvalue weighted by atomic mass is 9.96. The van der Waals surface area contributed by atoms with Gasteiger partial charge in [-0.15, -0.1) is 11.3 Å². The Morgan fingerprint density at radius 3 is 2.67 bits per heavy atom. The van der Waals surface area contributed by atoms with Crippen molar-refractivity contribution in [2.75, 3.05) is 14.2 Å². The van der Waals surface area contributed by atoms with E-state index in [2.05, 4.69) is 23.7 Å². The highest BCUT2D eigenvalue weighted by atomic mass is 32.1. The maximum Gasteiger partial charge on any atom is 0.206 e. The zero-order chi connectivity index (χ0) is 20.8. The number of hydrogen-bond donors (Lipinski definition) is 0. The second-order valence-corrected chi connectivity index (χ2v) is 8.85. The molecular weight excluding hydrogens is 394 g/mol. The molecule has 0 radical (unpaired) electrons. The van der Waals surface area contributed by atoms with Crippen LogP contribution < -0.4 is 14.3 Å². The van der Waals surface area contributed by atoms with Crippen molar-refractivity contribution in [3.63, 3.8) is 0 Å². The fraction of sp³-hybridized carbons (Fsp3) is 0.500. The summed E-state index contributed by atoms with van der Waals surface area (Å²) in [5.74, 6) is 2.04. The molecule has 2 aliphatic rings. The molecule has 0 bridgehead atoms. The number of aromatic nitrogens is 1. The van der Waals surface area contributed by atoms with Crippen LogP contribution in [0.5, 0.6) is 11.5 Å². The van der Waals surface area contributed by atoms with Crippen LogP contribution >= 0.6 is 11.3 Å². The molecule has 1 unspecified atom stereocenters. The van der Waals surface area contributed by atoms with E-state index in [4.69, 9.17) is 19.6 Å². The second kappa shape index (κ2) is 10.1. The average molecular weight is 426 g/mol. The molecule has 1 aromatic heterocycles. The Morgan fingerprint density at radius 2 is 1.93 bits per heavy atom. The fourth-order valence-electron chi connectivity index (χ4n) is 4.18. The van der Waals surface area contributed by atoms with Crippen LogP contribution in [0.4, 0.5) is 0 Å². The van der Waals surface area contributed by atoms with Gasteiger partial charge in [-0.05, 0) is 50.2 Å². The summed E-state index contributed by atoms with van der Waals surface area (Å²) in [6.07, 6.45) is 16.2. The summed E-state index contributed by atoms with van der Waals surface area (Å²) in [7, 11) is 3.36. The third kappa shape index (κ3) is 4.86. The Bertz CT molecular complexity index is 967. The minimum atomic E-state index is 0.405. The van der Waals surface area contributed by atoms with Crippen LogP contribution in [-0.4, -0.2) is 31.2 Å². The van der Waals surface area contributed by atoms with Gasteiger partial charge in [0.15, 0.2) is 0 Å². The van der Waals surface area contributed by atoms with Gasteiger partial charge < -0.3 is 9.47 Å². The highest BCUT2D eigenvalue weighted by Crippen LogP contribution is 2.34. The van der Waals surface area contributed by atoms with E-state index in [1.807, 2.05) is 22.9 Å². The van der Waals surface area contributed by atoms with Gasteiger partial charge in [-0.25, -0.2) is 4.68 Å². The molecule has 1 fully saturated rings. The summed E-state index contributed by atoms with van der Waals surface area (Å²) >= 11 is 1.66. The Morgan fingerprint density at radius 1 is 1.07 bits per heavy atom. The van der Waals surface area contributed by atoms with Gasteiger partial charge in [0.05, 0.1) is 26.0 Å². The van der Waals surface area contributed by atoms with E-state index in [0.717, 1.165) is 46.8 Å². The van der Waals surface area contributed by atoms with Crippen molar-refractivity contribution < 1.29 is 9.47 Å². The molecule has 2 aromatic rings. The van der Waals surface area contributed by atoms with Crippen LogP contribution in [0.1, 0.15) is 51.4 Å². The van der Waals surface area contributed by atoms with Gasteiger partial charge >= 0.3 is 0 Å². The maximum absolute atomic E-state index is 5.67. The van der Waals surface area contributed by atoms with Gasteiger partial charge in [-0.2, -0.15) is 5.10 Å². The highest BCUT2D eigenvalue weighted by molar-refractivity contribution is 7.07. The molecule has 0 spiro atoms. The zero-order valence-electron chi connectivity index (χ0n) is 17.9. The number of methoxy groups -OCH3 is 2. The largest absolute Gasteiger partial charge is 0.497 e. The van der Waals surface area contributed by atoms with Crippen molar-refractivity contribution >= 4 is 17.6 Å². The molecule has 0 N–H and O–H groups in total. The van der Waals surface area contributed by atoms with Gasteiger partial charge in [0.25, 0.3) is 0 Å². The van der Waals surface area contributed by atoms with E-state index in [1.54, 1.807) is 25.6 Å². The summed E-state index contributed by atoms with van der Waals surface area (Å²) in [6.45, 7) is 0. The van der Waals surface area contributed by atoms with Gasteiger partial charge in [0, 0.05) is 23.2 Å². The number of nitrogens with zero attached hydrogens (tertiary/aromatic N) is 3. The van der Waals surface area contributed by atoms with Gasteiger partial charge in [-0.1, -0.05) is 31.4 Å². The normalized spacial score (nSPS) is 20.7. The number of rotatable bonds is 6. The lowest BCUT2D eigenvalue weighted by Crippen LogP contribution is -2.19. The second-order valence-electron chi connectivity index (χ2n) is 8.01. The summed E-state index contributed by atoms with van der Waals surface area (Å²) in [4.78, 5) is 6.08. The van der Waals surface area contributed by atoms with Crippen molar-refractivity contribution in [3.05, 3.63) is 40.5 Å². The molecule has 1 heterocycles. The SMILES string of the molecule is COc1ccc(-c2csc(=NC3CCCCC3)n2N=CC2CC=CCC2)c(OC)c1. The lowest BCUT2D eigenvalue weighted by Gasteiger charge is -2.17. The molecule has 0 saturated heterocycles. The molecule has 30 heavy (non-hydrogen) atoms. The fourth-order valence-corrected chi connectivity index (χ4v) is 5.07. The number of hydrogen-bond acceptors (Lipinski definition) is 5. The molecule has 5 nitrogen and oxygen atoms in total. The molecule has 1 atom stereocenters. The molecule has 0 amide bonds. The van der Waals surface area contributed by atoms with E-state index >= 15 is 0 Å². The minimum absolute atomic E-state index is 0.405. The van der Waals surface area contributed by atoms with Crippen LogP contribution in [0.3, 0.4) is 0 Å². The third-order valence-corrected chi connectivity index (χ3v) is 6.77. The van der Waals surface area contributed by atoms with E-state index in [1.165, 1.54) is 32.1 Å². The van der Waals surface area contributed by atoms with Crippen LogP contribution in [0.15, 0.2) is 45.8 Å². The summed E-state index contributed by atoms with van der Waals surface area (Å²) in [6, 6.07) is 6.33. The van der Waals surface area contributed by atoms with Crippen molar-refractivity contribution in [2.45, 2.75) is 57.4 Å². The number of benzene rings is 1. The third-order valence-electron chi connectivity index (χ3n) is 5.94. The molecule has 4 rings (SSSR count). The van der Waals surface area contributed by atoms with E-state index in [0.29, 0.717) is 12.0 Å². The van der Waals surface area contributed by atoms with Crippen molar-refractivity contribution in [2.24, 2.45) is 16.0 Å². The summed E-state index contributed by atoms with van der Waals surface area (Å²) in [5.41, 5.74) is 2.01. The highest BCUT2D eigenvalue weighted by Gasteiger charge is 2.17. The van der Waals surface area contributed by atoms with Crippen LogP contribution in [-0.2, 0) is 0 Å². The van der Waals surface area contributed by atoms with Crippen LogP contribution in [0, 0.1) is 5.92 Å². The minimum Gasteiger partial charge on any atom is -0.497 e.